The Balaban J connectivity index is 3.00. The Labute approximate surface area is 91.5 Å². The van der Waals surface area contributed by atoms with Crippen molar-refractivity contribution in [2.45, 2.75) is 13.0 Å². The summed E-state index contributed by atoms with van der Waals surface area (Å²) < 4.78 is 0.989. The Hall–Kier alpha value is -0.870. The van der Waals surface area contributed by atoms with Gasteiger partial charge in [-0.2, -0.15) is 0 Å². The summed E-state index contributed by atoms with van der Waals surface area (Å²) in [6.07, 6.45) is -0.642. The second-order valence-corrected chi connectivity index (χ2v) is 3.76. The van der Waals surface area contributed by atoms with Crippen molar-refractivity contribution in [3.8, 4) is 0 Å². The number of hydrogen-bond donors (Lipinski definition) is 1. The molecule has 0 fully saturated rings. The Morgan fingerprint density at radius 1 is 1.43 bits per heavy atom. The highest BCUT2D eigenvalue weighted by atomic mass is 79.9. The maximum absolute atomic E-state index is 9.44. The highest BCUT2D eigenvalue weighted by Gasteiger charge is 2.10. The molecule has 14 heavy (non-hydrogen) atoms. The third-order valence-corrected chi connectivity index (χ3v) is 2.25. The van der Waals surface area contributed by atoms with E-state index in [4.69, 9.17) is 0 Å². The van der Waals surface area contributed by atoms with E-state index in [1.807, 2.05) is 24.3 Å². The quantitative estimate of drug-likeness (QED) is 0.667. The number of halogens is 1. The molecule has 0 aliphatic rings. The number of aliphatic hydroxyl groups is 1. The topological polar surface area (TPSA) is 41.8 Å². The summed E-state index contributed by atoms with van der Waals surface area (Å²) in [5, 5.41) is 13.2. The minimum atomic E-state index is -0.642. The van der Waals surface area contributed by atoms with Gasteiger partial charge in [-0.25, -0.2) is 0 Å². The fraction of sp³-hybridized carbons (Fsp3) is 0.300. The zero-order valence-electron chi connectivity index (χ0n) is 8.07. The number of nitrogens with zero attached hydrogens (tertiary/aromatic N) is 1. The maximum atomic E-state index is 9.44. The molecule has 0 saturated heterocycles. The van der Waals surface area contributed by atoms with Crippen LogP contribution in [0.3, 0.4) is 0 Å². The van der Waals surface area contributed by atoms with Crippen molar-refractivity contribution in [1.29, 1.82) is 0 Å². The van der Waals surface area contributed by atoms with Crippen LogP contribution in [0.1, 0.15) is 12.5 Å². The average molecular weight is 258 g/mol. The van der Waals surface area contributed by atoms with Crippen LogP contribution >= 0.6 is 15.9 Å². The van der Waals surface area contributed by atoms with Crippen LogP contribution in [-0.2, 0) is 4.84 Å². The van der Waals surface area contributed by atoms with Crippen molar-refractivity contribution >= 4 is 21.6 Å². The summed E-state index contributed by atoms with van der Waals surface area (Å²) in [5.74, 6) is 0. The molecule has 0 aromatic heterocycles. The molecule has 0 aliphatic carbocycles. The van der Waals surface area contributed by atoms with Gasteiger partial charge < -0.3 is 9.94 Å². The van der Waals surface area contributed by atoms with Crippen LogP contribution in [0.4, 0.5) is 0 Å². The molecule has 0 bridgehead atoms. The maximum Gasteiger partial charge on any atom is 0.115 e. The van der Waals surface area contributed by atoms with Crippen LogP contribution in [0.25, 0.3) is 0 Å². The minimum Gasteiger partial charge on any atom is -0.399 e. The largest absolute Gasteiger partial charge is 0.399 e. The SMILES string of the molecule is CO/N=C(/c1ccc(Br)cc1)[C@@H](C)O. The van der Waals surface area contributed by atoms with Crippen LogP contribution < -0.4 is 0 Å². The van der Waals surface area contributed by atoms with E-state index in [-0.39, 0.29) is 0 Å². The lowest BCUT2D eigenvalue weighted by Crippen LogP contribution is -2.17. The van der Waals surface area contributed by atoms with Crippen LogP contribution in [0.15, 0.2) is 33.9 Å². The minimum absolute atomic E-state index is 0.528. The molecule has 0 heterocycles. The average Bonchev–Trinajstić information content (AvgIpc) is 2.15. The van der Waals surface area contributed by atoms with Gasteiger partial charge in [-0.1, -0.05) is 33.2 Å². The second kappa shape index (κ2) is 5.12. The van der Waals surface area contributed by atoms with E-state index in [2.05, 4.69) is 25.9 Å². The van der Waals surface area contributed by atoms with Gasteiger partial charge in [0.2, 0.25) is 0 Å². The molecular formula is C10H12BrNO2. The molecule has 0 amide bonds. The number of rotatable bonds is 3. The van der Waals surface area contributed by atoms with Gasteiger partial charge in [0.25, 0.3) is 0 Å². The summed E-state index contributed by atoms with van der Waals surface area (Å²) in [7, 11) is 1.46. The Kier molecular flexibility index (Phi) is 4.10. The highest BCUT2D eigenvalue weighted by Crippen LogP contribution is 2.12. The van der Waals surface area contributed by atoms with Gasteiger partial charge in [-0.05, 0) is 19.1 Å². The highest BCUT2D eigenvalue weighted by molar-refractivity contribution is 9.10. The van der Waals surface area contributed by atoms with Crippen molar-refractivity contribution in [3.63, 3.8) is 0 Å². The number of oxime groups is 1. The lowest BCUT2D eigenvalue weighted by molar-refractivity contribution is 0.200. The smallest absolute Gasteiger partial charge is 0.115 e. The molecule has 76 valence electrons. The van der Waals surface area contributed by atoms with E-state index in [0.29, 0.717) is 5.71 Å². The summed E-state index contributed by atoms with van der Waals surface area (Å²) in [6, 6.07) is 7.52. The van der Waals surface area contributed by atoms with Crippen LogP contribution in [0, 0.1) is 0 Å². The normalized spacial score (nSPS) is 13.9. The van der Waals surface area contributed by atoms with Gasteiger partial charge in [0.1, 0.15) is 12.8 Å². The third-order valence-electron chi connectivity index (χ3n) is 1.73. The Bertz CT molecular complexity index is 319. The summed E-state index contributed by atoms with van der Waals surface area (Å²) in [5.41, 5.74) is 1.38. The predicted octanol–water partition coefficient (Wildman–Crippen LogP) is 2.18. The molecule has 4 heteroatoms. The van der Waals surface area contributed by atoms with Crippen molar-refractivity contribution in [2.75, 3.05) is 7.11 Å². The van der Waals surface area contributed by atoms with Gasteiger partial charge in [-0.3, -0.25) is 0 Å². The predicted molar refractivity (Wildman–Crippen MR) is 59.4 cm³/mol. The first kappa shape index (κ1) is 11.2. The molecule has 1 aromatic carbocycles. The molecule has 3 nitrogen and oxygen atoms in total. The molecule has 0 radical (unpaired) electrons. The molecule has 1 aromatic rings. The molecule has 0 unspecified atom stereocenters. The monoisotopic (exact) mass is 257 g/mol. The summed E-state index contributed by atoms with van der Waals surface area (Å²) in [6.45, 7) is 1.65. The molecule has 0 saturated carbocycles. The Morgan fingerprint density at radius 3 is 2.43 bits per heavy atom. The zero-order valence-corrected chi connectivity index (χ0v) is 9.65. The lowest BCUT2D eigenvalue weighted by atomic mass is 10.1. The van der Waals surface area contributed by atoms with Crippen LogP contribution in [-0.4, -0.2) is 24.0 Å². The first-order chi connectivity index (χ1) is 6.65. The first-order valence-corrected chi connectivity index (χ1v) is 4.99. The van der Waals surface area contributed by atoms with E-state index < -0.39 is 6.10 Å². The number of aliphatic hydroxyl groups excluding tert-OH is 1. The van der Waals surface area contributed by atoms with Crippen molar-refractivity contribution in [2.24, 2.45) is 5.16 Å². The van der Waals surface area contributed by atoms with E-state index in [1.165, 1.54) is 7.11 Å². The lowest BCUT2D eigenvalue weighted by Gasteiger charge is -2.08. The molecule has 0 spiro atoms. The van der Waals surface area contributed by atoms with E-state index >= 15 is 0 Å². The standard InChI is InChI=1S/C10H12BrNO2/c1-7(13)10(12-14-2)8-3-5-9(11)6-4-8/h3-7,13H,1-2H3/b12-10+/t7-/m1/s1. The summed E-state index contributed by atoms with van der Waals surface area (Å²) >= 11 is 3.34. The summed E-state index contributed by atoms with van der Waals surface area (Å²) in [4.78, 5) is 4.67. The fourth-order valence-electron chi connectivity index (χ4n) is 1.09. The van der Waals surface area contributed by atoms with Gasteiger partial charge in [0.15, 0.2) is 0 Å². The van der Waals surface area contributed by atoms with Crippen molar-refractivity contribution in [3.05, 3.63) is 34.3 Å². The van der Waals surface area contributed by atoms with E-state index in [0.717, 1.165) is 10.0 Å². The molecule has 1 N–H and O–H groups in total. The molecule has 0 aliphatic heterocycles. The number of hydrogen-bond acceptors (Lipinski definition) is 3. The van der Waals surface area contributed by atoms with Gasteiger partial charge in [0, 0.05) is 10.0 Å². The zero-order chi connectivity index (χ0) is 10.6. The van der Waals surface area contributed by atoms with Crippen LogP contribution in [0.2, 0.25) is 0 Å². The molecular weight excluding hydrogens is 246 g/mol. The van der Waals surface area contributed by atoms with Crippen LogP contribution in [0.5, 0.6) is 0 Å². The van der Waals surface area contributed by atoms with Crippen molar-refractivity contribution < 1.29 is 9.94 Å². The van der Waals surface area contributed by atoms with Gasteiger partial charge in [-0.15, -0.1) is 0 Å². The van der Waals surface area contributed by atoms with E-state index in [1.54, 1.807) is 6.92 Å². The molecule has 1 atom stereocenters. The fourth-order valence-corrected chi connectivity index (χ4v) is 1.35. The third kappa shape index (κ3) is 2.82. The Morgan fingerprint density at radius 2 is 2.00 bits per heavy atom. The number of benzene rings is 1. The van der Waals surface area contributed by atoms with Crippen molar-refractivity contribution in [1.82, 2.24) is 0 Å². The first-order valence-electron chi connectivity index (χ1n) is 4.20. The van der Waals surface area contributed by atoms with Gasteiger partial charge in [0.05, 0.1) is 6.10 Å². The molecule has 1 rings (SSSR count). The second-order valence-electron chi connectivity index (χ2n) is 2.84. The van der Waals surface area contributed by atoms with E-state index in [9.17, 15) is 5.11 Å². The van der Waals surface area contributed by atoms with Gasteiger partial charge >= 0.3 is 0 Å².